The highest BCUT2D eigenvalue weighted by Crippen LogP contribution is 2.39. The minimum absolute atomic E-state index is 0.0710. The van der Waals surface area contributed by atoms with Crippen molar-refractivity contribution in [1.82, 2.24) is 19.7 Å². The summed E-state index contributed by atoms with van der Waals surface area (Å²) in [5.41, 5.74) is 5.34. The Hall–Kier alpha value is -2.37. The molecule has 2 aromatic rings. The summed E-state index contributed by atoms with van der Waals surface area (Å²) in [6.07, 6.45) is 2.36. The summed E-state index contributed by atoms with van der Waals surface area (Å²) in [5.74, 6) is 0.415. The van der Waals surface area contributed by atoms with E-state index in [1.165, 1.54) is 5.56 Å². The third kappa shape index (κ3) is 2.88. The van der Waals surface area contributed by atoms with Gasteiger partial charge in [0.05, 0.1) is 11.7 Å². The van der Waals surface area contributed by atoms with Crippen molar-refractivity contribution in [2.75, 3.05) is 18.9 Å². The molecule has 1 saturated heterocycles. The maximum atomic E-state index is 12.3. The number of nitrogens with one attached hydrogen (secondary N) is 1. The molecule has 6 nitrogen and oxygen atoms in total. The standard InChI is InChI=1S/C18H25N5O/c1-11-8-15(6-7-19-11)20-10-14-9-16(24)22(4)18(14)17-12(2)21-23(5)13(17)3/h6-8,14,18H,9-10H2,1-5H3,(H,19,20)/t14-,18+/m0/s1. The Labute approximate surface area is 142 Å². The first-order chi connectivity index (χ1) is 11.4. The summed E-state index contributed by atoms with van der Waals surface area (Å²) < 4.78 is 1.90. The van der Waals surface area contributed by atoms with E-state index in [9.17, 15) is 4.79 Å². The molecule has 6 heteroatoms. The summed E-state index contributed by atoms with van der Waals surface area (Å²) >= 11 is 0. The number of likely N-dealkylation sites (tertiary alicyclic amines) is 1. The number of aromatic nitrogens is 3. The molecule has 0 saturated carbocycles. The number of carbonyl (C=O) groups is 1. The predicted octanol–water partition coefficient (Wildman–Crippen LogP) is 2.37. The van der Waals surface area contributed by atoms with E-state index in [0.717, 1.165) is 29.3 Å². The zero-order chi connectivity index (χ0) is 17.4. The van der Waals surface area contributed by atoms with Gasteiger partial charge in [0, 0.05) is 61.8 Å². The van der Waals surface area contributed by atoms with Gasteiger partial charge < -0.3 is 10.2 Å². The van der Waals surface area contributed by atoms with Crippen LogP contribution < -0.4 is 5.32 Å². The van der Waals surface area contributed by atoms with Crippen molar-refractivity contribution in [3.63, 3.8) is 0 Å². The molecule has 1 amide bonds. The maximum absolute atomic E-state index is 12.3. The van der Waals surface area contributed by atoms with Crippen LogP contribution in [-0.2, 0) is 11.8 Å². The number of anilines is 1. The number of carbonyl (C=O) groups excluding carboxylic acids is 1. The molecule has 3 heterocycles. The molecule has 0 spiro atoms. The van der Waals surface area contributed by atoms with Crippen LogP contribution in [0.3, 0.4) is 0 Å². The van der Waals surface area contributed by atoms with Gasteiger partial charge in [-0.2, -0.15) is 5.10 Å². The lowest BCUT2D eigenvalue weighted by molar-refractivity contribution is -0.127. The molecule has 0 unspecified atom stereocenters. The highest BCUT2D eigenvalue weighted by Gasteiger charge is 2.40. The highest BCUT2D eigenvalue weighted by atomic mass is 16.2. The quantitative estimate of drug-likeness (QED) is 0.936. The molecule has 0 bridgehead atoms. The van der Waals surface area contributed by atoms with E-state index in [1.807, 2.05) is 49.7 Å². The minimum atomic E-state index is 0.0710. The van der Waals surface area contributed by atoms with Gasteiger partial charge in [0.2, 0.25) is 5.91 Å². The second kappa shape index (κ2) is 6.26. The van der Waals surface area contributed by atoms with Crippen molar-refractivity contribution in [1.29, 1.82) is 0 Å². The van der Waals surface area contributed by atoms with Crippen molar-refractivity contribution in [3.8, 4) is 0 Å². The van der Waals surface area contributed by atoms with E-state index in [-0.39, 0.29) is 17.9 Å². The van der Waals surface area contributed by atoms with E-state index >= 15 is 0 Å². The second-order valence-corrected chi connectivity index (χ2v) is 6.69. The monoisotopic (exact) mass is 327 g/mol. The molecule has 1 aliphatic heterocycles. The molecule has 0 aromatic carbocycles. The molecule has 2 atom stereocenters. The number of aryl methyl sites for hydroxylation is 3. The first kappa shape index (κ1) is 16.5. The first-order valence-corrected chi connectivity index (χ1v) is 8.30. The first-order valence-electron chi connectivity index (χ1n) is 8.30. The molecule has 1 N–H and O–H groups in total. The lowest BCUT2D eigenvalue weighted by Gasteiger charge is -2.26. The normalized spacial score (nSPS) is 20.7. The van der Waals surface area contributed by atoms with Crippen LogP contribution in [0, 0.1) is 26.7 Å². The lowest BCUT2D eigenvalue weighted by Crippen LogP contribution is -2.27. The molecule has 3 rings (SSSR count). The van der Waals surface area contributed by atoms with Crippen LogP contribution in [0.25, 0.3) is 0 Å². The van der Waals surface area contributed by atoms with Crippen molar-refractivity contribution in [2.24, 2.45) is 13.0 Å². The van der Waals surface area contributed by atoms with E-state index in [1.54, 1.807) is 6.20 Å². The van der Waals surface area contributed by atoms with Crippen LogP contribution >= 0.6 is 0 Å². The van der Waals surface area contributed by atoms with Crippen molar-refractivity contribution in [2.45, 2.75) is 33.2 Å². The van der Waals surface area contributed by atoms with Gasteiger partial charge in [0.15, 0.2) is 0 Å². The third-order valence-corrected chi connectivity index (χ3v) is 5.02. The lowest BCUT2D eigenvalue weighted by atomic mass is 9.92. The molecule has 2 aromatic heterocycles. The summed E-state index contributed by atoms with van der Waals surface area (Å²) in [7, 11) is 3.85. The third-order valence-electron chi connectivity index (χ3n) is 5.02. The van der Waals surface area contributed by atoms with Crippen molar-refractivity contribution in [3.05, 3.63) is 41.0 Å². The van der Waals surface area contributed by atoms with Crippen LogP contribution in [0.15, 0.2) is 18.3 Å². The Morgan fingerprint density at radius 1 is 1.29 bits per heavy atom. The summed E-state index contributed by atoms with van der Waals surface area (Å²) in [6, 6.07) is 4.06. The molecule has 24 heavy (non-hydrogen) atoms. The summed E-state index contributed by atoms with van der Waals surface area (Å²) in [6.45, 7) is 6.82. The Kier molecular flexibility index (Phi) is 4.30. The largest absolute Gasteiger partial charge is 0.385 e. The number of nitrogens with zero attached hydrogens (tertiary/aromatic N) is 4. The van der Waals surface area contributed by atoms with Gasteiger partial charge in [0.1, 0.15) is 0 Å². The van der Waals surface area contributed by atoms with Crippen molar-refractivity contribution < 1.29 is 4.79 Å². The Morgan fingerprint density at radius 3 is 2.67 bits per heavy atom. The van der Waals surface area contributed by atoms with E-state index < -0.39 is 0 Å². The predicted molar refractivity (Wildman–Crippen MR) is 93.8 cm³/mol. The van der Waals surface area contributed by atoms with Crippen LogP contribution in [-0.4, -0.2) is 39.2 Å². The SMILES string of the molecule is Cc1cc(NC[C@@H]2CC(=O)N(C)[C@H]2c2c(C)nn(C)c2C)ccn1. The number of hydrogen-bond donors (Lipinski definition) is 1. The Bertz CT molecular complexity index is 767. The van der Waals surface area contributed by atoms with Crippen LogP contribution in [0.2, 0.25) is 0 Å². The smallest absolute Gasteiger partial charge is 0.223 e. The maximum Gasteiger partial charge on any atom is 0.223 e. The van der Waals surface area contributed by atoms with E-state index in [0.29, 0.717) is 6.42 Å². The van der Waals surface area contributed by atoms with Gasteiger partial charge >= 0.3 is 0 Å². The van der Waals surface area contributed by atoms with Gasteiger partial charge in [-0.1, -0.05) is 0 Å². The second-order valence-electron chi connectivity index (χ2n) is 6.69. The average Bonchev–Trinajstić information content (AvgIpc) is 2.94. The number of rotatable bonds is 4. The number of hydrogen-bond acceptors (Lipinski definition) is 4. The number of amides is 1. The zero-order valence-electron chi connectivity index (χ0n) is 15.0. The minimum Gasteiger partial charge on any atom is -0.385 e. The van der Waals surface area contributed by atoms with Crippen LogP contribution in [0.5, 0.6) is 0 Å². The highest BCUT2D eigenvalue weighted by molar-refractivity contribution is 5.79. The van der Waals surface area contributed by atoms with Crippen LogP contribution in [0.4, 0.5) is 5.69 Å². The fourth-order valence-corrected chi connectivity index (χ4v) is 3.69. The van der Waals surface area contributed by atoms with E-state index in [4.69, 9.17) is 0 Å². The van der Waals surface area contributed by atoms with Gasteiger partial charge in [-0.05, 0) is 32.9 Å². The molecule has 128 valence electrons. The Balaban J connectivity index is 1.84. The molecule has 0 radical (unpaired) electrons. The summed E-state index contributed by atoms with van der Waals surface area (Å²) in [5, 5.41) is 8.00. The zero-order valence-corrected chi connectivity index (χ0v) is 15.0. The molecule has 1 fully saturated rings. The fraction of sp³-hybridized carbons (Fsp3) is 0.500. The number of pyridine rings is 1. The topological polar surface area (TPSA) is 63.1 Å². The fourth-order valence-electron chi connectivity index (χ4n) is 3.69. The van der Waals surface area contributed by atoms with E-state index in [2.05, 4.69) is 22.3 Å². The van der Waals surface area contributed by atoms with Gasteiger partial charge in [-0.3, -0.25) is 14.5 Å². The van der Waals surface area contributed by atoms with Gasteiger partial charge in [0.25, 0.3) is 0 Å². The molecule has 0 aliphatic carbocycles. The molecular weight excluding hydrogens is 302 g/mol. The molecule has 1 aliphatic rings. The van der Waals surface area contributed by atoms with Gasteiger partial charge in [-0.15, -0.1) is 0 Å². The average molecular weight is 327 g/mol. The Morgan fingerprint density at radius 2 is 2.04 bits per heavy atom. The summed E-state index contributed by atoms with van der Waals surface area (Å²) in [4.78, 5) is 18.4. The molecular formula is C18H25N5O. The van der Waals surface area contributed by atoms with Crippen molar-refractivity contribution >= 4 is 11.6 Å². The van der Waals surface area contributed by atoms with Gasteiger partial charge in [-0.25, -0.2) is 0 Å². The van der Waals surface area contributed by atoms with Crippen LogP contribution in [0.1, 0.15) is 35.1 Å².